The number of hydrogen-bond donors (Lipinski definition) is 1. The molecule has 2 heterocycles. The van der Waals surface area contributed by atoms with E-state index in [0.29, 0.717) is 6.04 Å². The SMILES string of the molecule is CC(CN1CCCCC1)NCc1cc2ccccc2s1. The Kier molecular flexibility index (Phi) is 4.71. The van der Waals surface area contributed by atoms with Crippen LogP contribution in [0.4, 0.5) is 0 Å². The van der Waals surface area contributed by atoms with Crippen LogP contribution in [0, 0.1) is 0 Å². The molecule has 1 saturated heterocycles. The molecule has 0 bridgehead atoms. The van der Waals surface area contributed by atoms with Gasteiger partial charge in [0.1, 0.15) is 0 Å². The van der Waals surface area contributed by atoms with Crippen molar-refractivity contribution >= 4 is 21.4 Å². The number of nitrogens with one attached hydrogen (secondary N) is 1. The fraction of sp³-hybridized carbons (Fsp3) is 0.529. The van der Waals surface area contributed by atoms with Gasteiger partial charge < -0.3 is 10.2 Å². The fourth-order valence-electron chi connectivity index (χ4n) is 2.99. The highest BCUT2D eigenvalue weighted by Gasteiger charge is 2.13. The van der Waals surface area contributed by atoms with Gasteiger partial charge in [0.05, 0.1) is 0 Å². The van der Waals surface area contributed by atoms with Gasteiger partial charge in [0, 0.05) is 28.7 Å². The van der Waals surface area contributed by atoms with Crippen LogP contribution in [-0.4, -0.2) is 30.6 Å². The van der Waals surface area contributed by atoms with Gasteiger partial charge in [-0.25, -0.2) is 0 Å². The van der Waals surface area contributed by atoms with E-state index in [4.69, 9.17) is 0 Å². The van der Waals surface area contributed by atoms with E-state index in [-0.39, 0.29) is 0 Å². The largest absolute Gasteiger partial charge is 0.308 e. The number of hydrogen-bond acceptors (Lipinski definition) is 3. The summed E-state index contributed by atoms with van der Waals surface area (Å²) in [6.45, 7) is 7.06. The first-order valence-corrected chi connectivity index (χ1v) is 8.56. The number of rotatable bonds is 5. The van der Waals surface area contributed by atoms with E-state index in [0.717, 1.165) is 6.54 Å². The Balaban J connectivity index is 1.50. The molecular formula is C17H24N2S. The van der Waals surface area contributed by atoms with Crippen molar-refractivity contribution in [3.63, 3.8) is 0 Å². The average molecular weight is 288 g/mol. The molecule has 2 aromatic rings. The number of benzene rings is 1. The molecule has 1 aromatic carbocycles. The Hall–Kier alpha value is -0.900. The molecule has 1 fully saturated rings. The van der Waals surface area contributed by atoms with Crippen molar-refractivity contribution in [2.24, 2.45) is 0 Å². The summed E-state index contributed by atoms with van der Waals surface area (Å²) in [5, 5.41) is 5.05. The first-order chi connectivity index (χ1) is 9.81. The molecule has 1 atom stereocenters. The maximum absolute atomic E-state index is 3.68. The van der Waals surface area contributed by atoms with E-state index >= 15 is 0 Å². The smallest absolute Gasteiger partial charge is 0.0346 e. The molecule has 2 nitrogen and oxygen atoms in total. The predicted molar refractivity (Wildman–Crippen MR) is 88.4 cm³/mol. The fourth-order valence-corrected chi connectivity index (χ4v) is 4.01. The van der Waals surface area contributed by atoms with E-state index in [1.54, 1.807) is 0 Å². The van der Waals surface area contributed by atoms with Crippen LogP contribution in [0.25, 0.3) is 10.1 Å². The van der Waals surface area contributed by atoms with Crippen molar-refractivity contribution in [2.45, 2.75) is 38.8 Å². The van der Waals surface area contributed by atoms with E-state index in [2.05, 4.69) is 47.5 Å². The van der Waals surface area contributed by atoms with Crippen LogP contribution in [0.2, 0.25) is 0 Å². The molecule has 3 rings (SSSR count). The third kappa shape index (κ3) is 3.60. The van der Waals surface area contributed by atoms with Gasteiger partial charge in [0.25, 0.3) is 0 Å². The number of piperidine rings is 1. The van der Waals surface area contributed by atoms with Gasteiger partial charge >= 0.3 is 0 Å². The molecule has 3 heteroatoms. The maximum atomic E-state index is 3.68. The third-order valence-electron chi connectivity index (χ3n) is 4.08. The molecule has 1 aromatic heterocycles. The standard InChI is InChI=1S/C17H24N2S/c1-14(13-19-9-5-2-6-10-19)18-12-16-11-15-7-3-4-8-17(15)20-16/h3-4,7-8,11,14,18H,2,5-6,9-10,12-13H2,1H3. The molecule has 0 radical (unpaired) electrons. The van der Waals surface area contributed by atoms with Crippen LogP contribution < -0.4 is 5.32 Å². The molecule has 108 valence electrons. The lowest BCUT2D eigenvalue weighted by molar-refractivity contribution is 0.209. The van der Waals surface area contributed by atoms with Crippen molar-refractivity contribution in [3.05, 3.63) is 35.2 Å². The highest BCUT2D eigenvalue weighted by atomic mass is 32.1. The van der Waals surface area contributed by atoms with E-state index in [9.17, 15) is 0 Å². The summed E-state index contributed by atoms with van der Waals surface area (Å²) in [5.41, 5.74) is 0. The van der Waals surface area contributed by atoms with E-state index in [1.165, 1.54) is 53.9 Å². The molecule has 1 unspecified atom stereocenters. The molecule has 1 aliphatic rings. The summed E-state index contributed by atoms with van der Waals surface area (Å²) in [6, 6.07) is 11.5. The lowest BCUT2D eigenvalue weighted by atomic mass is 10.1. The van der Waals surface area contributed by atoms with Gasteiger partial charge in [-0.15, -0.1) is 11.3 Å². The molecule has 1 aliphatic heterocycles. The lowest BCUT2D eigenvalue weighted by Gasteiger charge is -2.29. The molecule has 0 aliphatic carbocycles. The summed E-state index contributed by atoms with van der Waals surface area (Å²) < 4.78 is 1.40. The van der Waals surface area contributed by atoms with Crippen molar-refractivity contribution in [2.75, 3.05) is 19.6 Å². The number of nitrogens with zero attached hydrogens (tertiary/aromatic N) is 1. The van der Waals surface area contributed by atoms with Crippen LogP contribution in [0.1, 0.15) is 31.1 Å². The second-order valence-corrected chi connectivity index (χ2v) is 7.06. The number of likely N-dealkylation sites (tertiary alicyclic amines) is 1. The lowest BCUT2D eigenvalue weighted by Crippen LogP contribution is -2.41. The molecule has 20 heavy (non-hydrogen) atoms. The van der Waals surface area contributed by atoms with Crippen LogP contribution in [0.5, 0.6) is 0 Å². The van der Waals surface area contributed by atoms with Crippen LogP contribution in [0.3, 0.4) is 0 Å². The van der Waals surface area contributed by atoms with Crippen molar-refractivity contribution in [1.82, 2.24) is 10.2 Å². The first kappa shape index (κ1) is 14.1. The van der Waals surface area contributed by atoms with Crippen LogP contribution >= 0.6 is 11.3 Å². The van der Waals surface area contributed by atoms with E-state index in [1.807, 2.05) is 11.3 Å². The third-order valence-corrected chi connectivity index (χ3v) is 5.20. The van der Waals surface area contributed by atoms with Crippen molar-refractivity contribution in [3.8, 4) is 0 Å². The minimum atomic E-state index is 0.568. The quantitative estimate of drug-likeness (QED) is 0.898. The van der Waals surface area contributed by atoms with Crippen LogP contribution in [0.15, 0.2) is 30.3 Å². The minimum Gasteiger partial charge on any atom is -0.308 e. The Morgan fingerprint density at radius 2 is 2.00 bits per heavy atom. The second kappa shape index (κ2) is 6.70. The monoisotopic (exact) mass is 288 g/mol. The summed E-state index contributed by atoms with van der Waals surface area (Å²) >= 11 is 1.91. The highest BCUT2D eigenvalue weighted by molar-refractivity contribution is 7.19. The predicted octanol–water partition coefficient (Wildman–Crippen LogP) is 3.87. The first-order valence-electron chi connectivity index (χ1n) is 7.74. The Morgan fingerprint density at radius 1 is 1.20 bits per heavy atom. The zero-order valence-corrected chi connectivity index (χ0v) is 13.1. The van der Waals surface area contributed by atoms with Gasteiger partial charge in [-0.1, -0.05) is 24.6 Å². The Labute approximate surface area is 125 Å². The molecular weight excluding hydrogens is 264 g/mol. The summed E-state index contributed by atoms with van der Waals surface area (Å²) in [4.78, 5) is 4.04. The van der Waals surface area contributed by atoms with Gasteiger partial charge in [-0.05, 0) is 50.4 Å². The normalized spacial score (nSPS) is 18.4. The summed E-state index contributed by atoms with van der Waals surface area (Å²) in [7, 11) is 0. The number of fused-ring (bicyclic) bond motifs is 1. The van der Waals surface area contributed by atoms with Crippen molar-refractivity contribution in [1.29, 1.82) is 0 Å². The van der Waals surface area contributed by atoms with Gasteiger partial charge in [0.2, 0.25) is 0 Å². The Morgan fingerprint density at radius 3 is 2.80 bits per heavy atom. The number of thiophene rings is 1. The van der Waals surface area contributed by atoms with Crippen molar-refractivity contribution < 1.29 is 0 Å². The summed E-state index contributed by atoms with van der Waals surface area (Å²) in [6.07, 6.45) is 4.17. The minimum absolute atomic E-state index is 0.568. The highest BCUT2D eigenvalue weighted by Crippen LogP contribution is 2.25. The summed E-state index contributed by atoms with van der Waals surface area (Å²) in [5.74, 6) is 0. The Bertz CT molecular complexity index is 510. The maximum Gasteiger partial charge on any atom is 0.0346 e. The van der Waals surface area contributed by atoms with Crippen LogP contribution in [-0.2, 0) is 6.54 Å². The van der Waals surface area contributed by atoms with E-state index < -0.39 is 0 Å². The van der Waals surface area contributed by atoms with Gasteiger partial charge in [0.15, 0.2) is 0 Å². The van der Waals surface area contributed by atoms with Gasteiger partial charge in [-0.2, -0.15) is 0 Å². The molecule has 0 amide bonds. The molecule has 0 saturated carbocycles. The zero-order chi connectivity index (χ0) is 13.8. The molecule has 0 spiro atoms. The topological polar surface area (TPSA) is 15.3 Å². The average Bonchev–Trinajstić information content (AvgIpc) is 2.89. The van der Waals surface area contributed by atoms with Gasteiger partial charge in [-0.3, -0.25) is 0 Å². The zero-order valence-electron chi connectivity index (χ0n) is 12.3. The second-order valence-electron chi connectivity index (χ2n) is 5.89. The molecule has 1 N–H and O–H groups in total.